The van der Waals surface area contributed by atoms with Crippen molar-refractivity contribution in [1.82, 2.24) is 14.5 Å². The Labute approximate surface area is 157 Å². The van der Waals surface area contributed by atoms with Crippen molar-refractivity contribution < 1.29 is 17.6 Å². The van der Waals surface area contributed by atoms with Gasteiger partial charge < -0.3 is 0 Å². The molecule has 142 valence electrons. The van der Waals surface area contributed by atoms with E-state index in [-0.39, 0.29) is 4.90 Å². The highest BCUT2D eigenvalue weighted by molar-refractivity contribution is 7.90. The van der Waals surface area contributed by atoms with Crippen LogP contribution in [0.5, 0.6) is 0 Å². The van der Waals surface area contributed by atoms with Crippen molar-refractivity contribution in [2.24, 2.45) is 5.92 Å². The van der Waals surface area contributed by atoms with Crippen LogP contribution >= 0.6 is 0 Å². The lowest BCUT2D eigenvalue weighted by Crippen LogP contribution is -2.28. The molecule has 1 aliphatic carbocycles. The third kappa shape index (κ3) is 4.16. The topological polar surface area (TPSA) is 81.1 Å². The number of hydrogen-bond donors (Lipinski definition) is 1. The molecule has 1 heterocycles. The van der Waals surface area contributed by atoms with Gasteiger partial charge in [0.05, 0.1) is 22.0 Å². The number of benzene rings is 1. The lowest BCUT2D eigenvalue weighted by Gasteiger charge is -2.14. The van der Waals surface area contributed by atoms with Crippen LogP contribution < -0.4 is 4.72 Å². The first kappa shape index (κ1) is 19.0. The number of amides is 1. The molecule has 0 saturated heterocycles. The van der Waals surface area contributed by atoms with Crippen LogP contribution in [0.4, 0.5) is 4.39 Å². The van der Waals surface area contributed by atoms with Crippen LogP contribution in [0.25, 0.3) is 11.3 Å². The number of rotatable bonds is 5. The Morgan fingerprint density at radius 1 is 1.33 bits per heavy atom. The van der Waals surface area contributed by atoms with Crippen LogP contribution in [-0.2, 0) is 21.5 Å². The maximum absolute atomic E-state index is 13.2. The average molecular weight is 389 g/mol. The first-order valence-electron chi connectivity index (χ1n) is 8.47. The molecular weight excluding hydrogens is 369 g/mol. The summed E-state index contributed by atoms with van der Waals surface area (Å²) in [6.07, 6.45) is 7.04. The Morgan fingerprint density at radius 2 is 2.04 bits per heavy atom. The third-order valence-electron chi connectivity index (χ3n) is 4.18. The lowest BCUT2D eigenvalue weighted by atomic mass is 9.96. The molecule has 27 heavy (non-hydrogen) atoms. The summed E-state index contributed by atoms with van der Waals surface area (Å²) in [4.78, 5) is 11.0. The molecule has 1 N–H and O–H groups in total. The summed E-state index contributed by atoms with van der Waals surface area (Å²) in [5.41, 5.74) is 2.57. The van der Waals surface area contributed by atoms with Crippen LogP contribution in [0, 0.1) is 5.92 Å². The molecule has 1 aliphatic rings. The van der Waals surface area contributed by atoms with E-state index in [0.29, 0.717) is 17.3 Å². The second-order valence-corrected chi connectivity index (χ2v) is 8.14. The van der Waals surface area contributed by atoms with Crippen LogP contribution in [0.1, 0.15) is 31.7 Å². The number of nitrogens with zero attached hydrogens (tertiary/aromatic N) is 2. The lowest BCUT2D eigenvalue weighted by molar-refractivity contribution is -0.117. The smallest absolute Gasteiger partial charge is 0.264 e. The number of carbonyl (C=O) groups excluding carboxylic acids is 1. The Kier molecular flexibility index (Phi) is 5.27. The van der Waals surface area contributed by atoms with Gasteiger partial charge in [-0.15, -0.1) is 0 Å². The van der Waals surface area contributed by atoms with Crippen molar-refractivity contribution in [3.63, 3.8) is 0 Å². The monoisotopic (exact) mass is 389 g/mol. The molecule has 3 rings (SSSR count). The van der Waals surface area contributed by atoms with Gasteiger partial charge >= 0.3 is 0 Å². The van der Waals surface area contributed by atoms with Gasteiger partial charge in [0.1, 0.15) is 6.67 Å². The van der Waals surface area contributed by atoms with E-state index in [1.807, 2.05) is 10.8 Å². The van der Waals surface area contributed by atoms with E-state index in [2.05, 4.69) is 24.2 Å². The van der Waals surface area contributed by atoms with Crippen molar-refractivity contribution in [2.75, 3.05) is 0 Å². The third-order valence-corrected chi connectivity index (χ3v) is 5.63. The van der Waals surface area contributed by atoms with E-state index in [0.717, 1.165) is 24.6 Å². The molecule has 0 saturated carbocycles. The van der Waals surface area contributed by atoms with Gasteiger partial charge in [0.15, 0.2) is 0 Å². The summed E-state index contributed by atoms with van der Waals surface area (Å²) in [6, 6.07) is 7.60. The largest absolute Gasteiger partial charge is 0.274 e. The average Bonchev–Trinajstić information content (AvgIpc) is 3.06. The molecule has 1 aromatic heterocycles. The quantitative estimate of drug-likeness (QED) is 0.852. The fourth-order valence-corrected chi connectivity index (χ4v) is 3.82. The van der Waals surface area contributed by atoms with Gasteiger partial charge in [0.25, 0.3) is 10.0 Å². The Balaban J connectivity index is 1.98. The number of aromatic nitrogens is 2. The fraction of sp³-hybridized carbons (Fsp3) is 0.263. The summed E-state index contributed by atoms with van der Waals surface area (Å²) < 4.78 is 40.8. The van der Waals surface area contributed by atoms with E-state index in [1.54, 1.807) is 22.9 Å². The summed E-state index contributed by atoms with van der Waals surface area (Å²) >= 11 is 0. The summed E-state index contributed by atoms with van der Waals surface area (Å²) in [7, 11) is -3.91. The van der Waals surface area contributed by atoms with E-state index in [9.17, 15) is 17.6 Å². The minimum absolute atomic E-state index is 0.0357. The van der Waals surface area contributed by atoms with Crippen molar-refractivity contribution in [1.29, 1.82) is 0 Å². The van der Waals surface area contributed by atoms with Gasteiger partial charge in [0, 0.05) is 6.92 Å². The number of carbonyl (C=O) groups is 1. The van der Waals surface area contributed by atoms with E-state index in [1.165, 1.54) is 12.1 Å². The van der Waals surface area contributed by atoms with Crippen LogP contribution in [0.15, 0.2) is 53.5 Å². The maximum atomic E-state index is 13.2. The van der Waals surface area contributed by atoms with Crippen LogP contribution in [0.2, 0.25) is 0 Å². The molecular formula is C19H20FN3O3S. The summed E-state index contributed by atoms with van der Waals surface area (Å²) in [5, 5.41) is 4.28. The van der Waals surface area contributed by atoms with Crippen LogP contribution in [0.3, 0.4) is 0 Å². The second kappa shape index (κ2) is 7.48. The standard InChI is InChI=1S/C19H20FN3O3S/c1-13-3-5-15(6-4-13)19-11-16(12-20)21-23(19)17-7-9-18(10-8-17)27(25,26)22-14(2)24/h3,5-11,13H,4,12H2,1-2H3,(H,22,24). The van der Waals surface area contributed by atoms with E-state index in [4.69, 9.17) is 0 Å². The minimum atomic E-state index is -3.91. The highest BCUT2D eigenvalue weighted by Gasteiger charge is 2.18. The van der Waals surface area contributed by atoms with E-state index < -0.39 is 22.6 Å². The first-order chi connectivity index (χ1) is 12.8. The second-order valence-electron chi connectivity index (χ2n) is 6.45. The molecule has 0 spiro atoms. The van der Waals surface area contributed by atoms with Crippen LogP contribution in [-0.4, -0.2) is 24.1 Å². The number of allylic oxidation sites excluding steroid dienone is 4. The molecule has 1 amide bonds. The zero-order valence-electron chi connectivity index (χ0n) is 15.0. The van der Waals surface area contributed by atoms with Crippen molar-refractivity contribution >= 4 is 21.5 Å². The molecule has 8 heteroatoms. The number of alkyl halides is 1. The SMILES string of the molecule is CC(=O)NS(=O)(=O)c1ccc(-n2nc(CF)cc2C2=CCC(C)C=C2)cc1. The van der Waals surface area contributed by atoms with Crippen molar-refractivity contribution in [3.05, 3.63) is 59.9 Å². The van der Waals surface area contributed by atoms with Gasteiger partial charge in [-0.2, -0.15) is 5.10 Å². The normalized spacial score (nSPS) is 16.9. The minimum Gasteiger partial charge on any atom is -0.274 e. The molecule has 0 fully saturated rings. The van der Waals surface area contributed by atoms with Gasteiger partial charge in [-0.25, -0.2) is 22.2 Å². The Hall–Kier alpha value is -2.74. The number of sulfonamides is 1. The zero-order chi connectivity index (χ0) is 19.6. The maximum Gasteiger partial charge on any atom is 0.264 e. The highest BCUT2D eigenvalue weighted by Crippen LogP contribution is 2.27. The molecule has 0 radical (unpaired) electrons. The molecule has 0 bridgehead atoms. The van der Waals surface area contributed by atoms with Crippen molar-refractivity contribution in [3.8, 4) is 5.69 Å². The highest BCUT2D eigenvalue weighted by atomic mass is 32.2. The first-order valence-corrected chi connectivity index (χ1v) is 9.96. The summed E-state index contributed by atoms with van der Waals surface area (Å²) in [5.74, 6) is -0.213. The van der Waals surface area contributed by atoms with Gasteiger partial charge in [-0.3, -0.25) is 4.79 Å². The molecule has 1 atom stereocenters. The number of halogens is 1. The number of hydrogen-bond acceptors (Lipinski definition) is 4. The molecule has 1 aromatic carbocycles. The predicted octanol–water partition coefficient (Wildman–Crippen LogP) is 3.15. The molecule has 6 nitrogen and oxygen atoms in total. The van der Waals surface area contributed by atoms with Gasteiger partial charge in [-0.05, 0) is 48.2 Å². The van der Waals surface area contributed by atoms with E-state index >= 15 is 0 Å². The zero-order valence-corrected chi connectivity index (χ0v) is 15.8. The van der Waals surface area contributed by atoms with Gasteiger partial charge in [0.2, 0.25) is 5.91 Å². The molecule has 1 unspecified atom stereocenters. The number of nitrogens with one attached hydrogen (secondary N) is 1. The fourth-order valence-electron chi connectivity index (χ4n) is 2.83. The summed E-state index contributed by atoms with van der Waals surface area (Å²) in [6.45, 7) is 2.55. The Morgan fingerprint density at radius 3 is 2.59 bits per heavy atom. The molecule has 2 aromatic rings. The Bertz CT molecular complexity index is 1020. The van der Waals surface area contributed by atoms with Crippen molar-refractivity contribution in [2.45, 2.75) is 31.8 Å². The van der Waals surface area contributed by atoms with Gasteiger partial charge in [-0.1, -0.05) is 25.2 Å². The predicted molar refractivity (Wildman–Crippen MR) is 100 cm³/mol. The molecule has 0 aliphatic heterocycles.